The van der Waals surface area contributed by atoms with E-state index < -0.39 is 0 Å². The quantitative estimate of drug-likeness (QED) is 0.558. The summed E-state index contributed by atoms with van der Waals surface area (Å²) in [5, 5.41) is 0. The predicted octanol–water partition coefficient (Wildman–Crippen LogP) is 2.99. The highest BCUT2D eigenvalue weighted by Gasteiger charge is 2.16. The highest BCUT2D eigenvalue weighted by atomic mass is 16.5. The monoisotopic (exact) mass is 156 g/mol. The van der Waals surface area contributed by atoms with Gasteiger partial charge >= 0.3 is 0 Å². The molecule has 0 aromatic heterocycles. The van der Waals surface area contributed by atoms with Crippen LogP contribution >= 0.6 is 0 Å². The second kappa shape index (κ2) is 4.76. The Morgan fingerprint density at radius 1 is 1.27 bits per heavy atom. The Labute approximate surface area is 70.1 Å². The minimum atomic E-state index is 0.567. The van der Waals surface area contributed by atoms with E-state index in [-0.39, 0.29) is 0 Å². The van der Waals surface area contributed by atoms with E-state index in [1.165, 1.54) is 32.1 Å². The Kier molecular flexibility index (Phi) is 3.92. The molecule has 1 aliphatic rings. The maximum atomic E-state index is 5.63. The maximum Gasteiger partial charge on any atom is 0.0577 e. The number of ether oxygens (including phenoxy) is 1. The van der Waals surface area contributed by atoms with Crippen molar-refractivity contribution in [1.29, 1.82) is 0 Å². The summed E-state index contributed by atoms with van der Waals surface area (Å²) in [6.07, 6.45) is 7.33. The van der Waals surface area contributed by atoms with Crippen LogP contribution in [0.15, 0.2) is 0 Å². The number of hydrogen-bond acceptors (Lipinski definition) is 1. The third-order valence-electron chi connectivity index (χ3n) is 2.54. The van der Waals surface area contributed by atoms with E-state index in [1.807, 2.05) is 0 Å². The van der Waals surface area contributed by atoms with Crippen molar-refractivity contribution in [2.75, 3.05) is 6.61 Å². The normalized spacial score (nSPS) is 33.3. The summed E-state index contributed by atoms with van der Waals surface area (Å²) < 4.78 is 5.63. The highest BCUT2D eigenvalue weighted by molar-refractivity contribution is 4.68. The summed E-state index contributed by atoms with van der Waals surface area (Å²) in [5.41, 5.74) is 0. The fourth-order valence-corrected chi connectivity index (χ4v) is 1.94. The van der Waals surface area contributed by atoms with Gasteiger partial charge in [0.1, 0.15) is 0 Å². The lowest BCUT2D eigenvalue weighted by molar-refractivity contribution is 0.0452. The molecule has 0 saturated heterocycles. The van der Waals surface area contributed by atoms with Crippen molar-refractivity contribution in [2.45, 2.75) is 52.1 Å². The molecule has 0 aliphatic heterocycles. The minimum Gasteiger partial charge on any atom is -0.378 e. The van der Waals surface area contributed by atoms with Crippen molar-refractivity contribution in [2.24, 2.45) is 5.92 Å². The molecule has 1 heteroatoms. The zero-order valence-electron chi connectivity index (χ0n) is 7.81. The largest absolute Gasteiger partial charge is 0.378 e. The molecule has 11 heavy (non-hydrogen) atoms. The Balaban J connectivity index is 2.27. The zero-order valence-corrected chi connectivity index (χ0v) is 7.81. The second-order valence-electron chi connectivity index (χ2n) is 3.70. The van der Waals surface area contributed by atoms with Gasteiger partial charge in [-0.3, -0.25) is 0 Å². The number of hydrogen-bond donors (Lipinski definition) is 0. The van der Waals surface area contributed by atoms with E-state index >= 15 is 0 Å². The topological polar surface area (TPSA) is 9.23 Å². The van der Waals surface area contributed by atoms with Crippen LogP contribution in [-0.4, -0.2) is 12.7 Å². The number of rotatable bonds is 2. The molecule has 0 spiro atoms. The van der Waals surface area contributed by atoms with E-state index in [9.17, 15) is 0 Å². The molecular weight excluding hydrogens is 136 g/mol. The smallest absolute Gasteiger partial charge is 0.0577 e. The lowest BCUT2D eigenvalue weighted by Crippen LogP contribution is -2.14. The van der Waals surface area contributed by atoms with Crippen molar-refractivity contribution < 1.29 is 4.74 Å². The molecule has 0 N–H and O–H groups in total. The van der Waals surface area contributed by atoms with Crippen LogP contribution in [0.1, 0.15) is 46.0 Å². The van der Waals surface area contributed by atoms with E-state index in [2.05, 4.69) is 13.8 Å². The van der Waals surface area contributed by atoms with Crippen LogP contribution in [0, 0.1) is 5.92 Å². The van der Waals surface area contributed by atoms with Gasteiger partial charge in [0.2, 0.25) is 0 Å². The molecule has 66 valence electrons. The van der Waals surface area contributed by atoms with Crippen LogP contribution in [0.5, 0.6) is 0 Å². The van der Waals surface area contributed by atoms with E-state index in [0.29, 0.717) is 6.10 Å². The zero-order chi connectivity index (χ0) is 8.10. The predicted molar refractivity (Wildman–Crippen MR) is 47.7 cm³/mol. The average molecular weight is 156 g/mol. The van der Waals surface area contributed by atoms with Crippen molar-refractivity contribution in [3.63, 3.8) is 0 Å². The van der Waals surface area contributed by atoms with Crippen LogP contribution in [0.4, 0.5) is 0 Å². The van der Waals surface area contributed by atoms with Crippen LogP contribution in [0.25, 0.3) is 0 Å². The molecule has 1 aliphatic carbocycles. The molecule has 1 saturated carbocycles. The molecule has 0 radical (unpaired) electrons. The molecule has 0 aromatic carbocycles. The second-order valence-corrected chi connectivity index (χ2v) is 3.70. The Morgan fingerprint density at radius 3 is 2.73 bits per heavy atom. The third-order valence-corrected chi connectivity index (χ3v) is 2.54. The Hall–Kier alpha value is -0.0400. The van der Waals surface area contributed by atoms with Gasteiger partial charge in [-0.05, 0) is 25.7 Å². The van der Waals surface area contributed by atoms with Crippen molar-refractivity contribution >= 4 is 0 Å². The van der Waals surface area contributed by atoms with Gasteiger partial charge in [-0.1, -0.05) is 26.2 Å². The molecule has 1 fully saturated rings. The minimum absolute atomic E-state index is 0.567. The first-order valence-electron chi connectivity index (χ1n) is 4.94. The molecule has 1 rings (SSSR count). The van der Waals surface area contributed by atoms with Crippen LogP contribution in [-0.2, 0) is 4.74 Å². The average Bonchev–Trinajstić information content (AvgIpc) is 2.15. The first-order chi connectivity index (χ1) is 5.33. The maximum absolute atomic E-state index is 5.63. The van der Waals surface area contributed by atoms with E-state index in [4.69, 9.17) is 4.74 Å². The van der Waals surface area contributed by atoms with Gasteiger partial charge in [0.15, 0.2) is 0 Å². The molecular formula is C10H20O. The van der Waals surface area contributed by atoms with Gasteiger partial charge in [-0.15, -0.1) is 0 Å². The van der Waals surface area contributed by atoms with Gasteiger partial charge < -0.3 is 4.74 Å². The van der Waals surface area contributed by atoms with Crippen molar-refractivity contribution in [1.82, 2.24) is 0 Å². The molecule has 2 unspecified atom stereocenters. The van der Waals surface area contributed by atoms with E-state index in [1.54, 1.807) is 0 Å². The summed E-state index contributed by atoms with van der Waals surface area (Å²) in [5.74, 6) is 0.883. The Morgan fingerprint density at radius 2 is 2.00 bits per heavy atom. The summed E-state index contributed by atoms with van der Waals surface area (Å²) in [4.78, 5) is 0. The molecule has 0 amide bonds. The lowest BCUT2D eigenvalue weighted by Gasteiger charge is -2.16. The Bertz CT molecular complexity index is 101. The fraction of sp³-hybridized carbons (Fsp3) is 1.00. The van der Waals surface area contributed by atoms with Gasteiger partial charge in [0, 0.05) is 6.61 Å². The van der Waals surface area contributed by atoms with Gasteiger partial charge in [0.25, 0.3) is 0 Å². The summed E-state index contributed by atoms with van der Waals surface area (Å²) in [6, 6.07) is 0. The van der Waals surface area contributed by atoms with Crippen molar-refractivity contribution in [3.8, 4) is 0 Å². The molecule has 0 heterocycles. The van der Waals surface area contributed by atoms with Crippen LogP contribution in [0.3, 0.4) is 0 Å². The molecule has 0 bridgehead atoms. The first-order valence-corrected chi connectivity index (χ1v) is 4.94. The summed E-state index contributed by atoms with van der Waals surface area (Å²) in [7, 11) is 0. The lowest BCUT2D eigenvalue weighted by atomic mass is 10.0. The third kappa shape index (κ3) is 3.24. The molecule has 0 aromatic rings. The van der Waals surface area contributed by atoms with Gasteiger partial charge in [-0.2, -0.15) is 0 Å². The standard InChI is InChI=1S/C10H20O/c1-3-11-10-7-5-4-6-9(2)8-10/h9-10H,3-8H2,1-2H3. The SMILES string of the molecule is CCOC1CCCCC(C)C1. The fourth-order valence-electron chi connectivity index (χ4n) is 1.94. The van der Waals surface area contributed by atoms with Crippen LogP contribution < -0.4 is 0 Å². The molecule has 2 atom stereocenters. The summed E-state index contributed by atoms with van der Waals surface area (Å²) >= 11 is 0. The summed E-state index contributed by atoms with van der Waals surface area (Å²) in [6.45, 7) is 5.32. The van der Waals surface area contributed by atoms with Crippen molar-refractivity contribution in [3.05, 3.63) is 0 Å². The van der Waals surface area contributed by atoms with Gasteiger partial charge in [-0.25, -0.2) is 0 Å². The molecule has 1 nitrogen and oxygen atoms in total. The van der Waals surface area contributed by atoms with Crippen LogP contribution in [0.2, 0.25) is 0 Å². The first kappa shape index (κ1) is 9.05. The van der Waals surface area contributed by atoms with Gasteiger partial charge in [0.05, 0.1) is 6.10 Å². The highest BCUT2D eigenvalue weighted by Crippen LogP contribution is 2.24. The van der Waals surface area contributed by atoms with E-state index in [0.717, 1.165) is 12.5 Å².